The standard InChI is InChI=1S/C11H16BrNOS/c1-7-5-9(15-8(7)2)6-13-10(14)11(3,4)12/h5H,6H2,1-4H3,(H,13,14). The Hall–Kier alpha value is -0.350. The molecule has 0 aliphatic carbocycles. The van der Waals surface area contributed by atoms with Crippen LogP contribution in [-0.4, -0.2) is 10.2 Å². The molecule has 1 aromatic heterocycles. The number of halogens is 1. The van der Waals surface area contributed by atoms with Crippen LogP contribution in [0.3, 0.4) is 0 Å². The summed E-state index contributed by atoms with van der Waals surface area (Å²) in [6, 6.07) is 2.13. The molecule has 1 heterocycles. The highest BCUT2D eigenvalue weighted by Crippen LogP contribution is 2.21. The normalized spacial score (nSPS) is 11.5. The predicted octanol–water partition coefficient (Wildman–Crippen LogP) is 3.15. The second kappa shape index (κ2) is 4.66. The summed E-state index contributed by atoms with van der Waals surface area (Å²) in [5, 5.41) is 2.90. The molecule has 1 N–H and O–H groups in total. The lowest BCUT2D eigenvalue weighted by molar-refractivity contribution is -0.122. The lowest BCUT2D eigenvalue weighted by Crippen LogP contribution is -2.36. The van der Waals surface area contributed by atoms with Crippen LogP contribution in [0.4, 0.5) is 0 Å². The van der Waals surface area contributed by atoms with Crippen LogP contribution in [-0.2, 0) is 11.3 Å². The fraction of sp³-hybridized carbons (Fsp3) is 0.545. The molecule has 0 unspecified atom stereocenters. The van der Waals surface area contributed by atoms with Crippen molar-refractivity contribution in [2.75, 3.05) is 0 Å². The smallest absolute Gasteiger partial charge is 0.236 e. The molecule has 0 aliphatic heterocycles. The molecule has 0 spiro atoms. The first-order valence-electron chi connectivity index (χ1n) is 4.84. The number of thiophene rings is 1. The number of carbonyl (C=O) groups excluding carboxylic acids is 1. The minimum absolute atomic E-state index is 0.0196. The zero-order chi connectivity index (χ0) is 11.6. The zero-order valence-corrected chi connectivity index (χ0v) is 11.9. The summed E-state index contributed by atoms with van der Waals surface area (Å²) in [5.41, 5.74) is 1.29. The Morgan fingerprint density at radius 1 is 1.53 bits per heavy atom. The van der Waals surface area contributed by atoms with Crippen molar-refractivity contribution in [1.29, 1.82) is 0 Å². The first-order valence-corrected chi connectivity index (χ1v) is 6.45. The van der Waals surface area contributed by atoms with Gasteiger partial charge >= 0.3 is 0 Å². The van der Waals surface area contributed by atoms with E-state index in [-0.39, 0.29) is 5.91 Å². The van der Waals surface area contributed by atoms with Gasteiger partial charge in [-0.25, -0.2) is 0 Å². The van der Waals surface area contributed by atoms with Crippen LogP contribution in [0.1, 0.15) is 29.2 Å². The number of aryl methyl sites for hydroxylation is 2. The molecule has 1 aromatic rings. The third-order valence-corrected chi connectivity index (χ3v) is 3.69. The van der Waals surface area contributed by atoms with Crippen molar-refractivity contribution < 1.29 is 4.79 Å². The van der Waals surface area contributed by atoms with Crippen LogP contribution < -0.4 is 5.32 Å². The molecule has 0 radical (unpaired) electrons. The van der Waals surface area contributed by atoms with Crippen molar-refractivity contribution in [3.63, 3.8) is 0 Å². The number of hydrogen-bond donors (Lipinski definition) is 1. The summed E-state index contributed by atoms with van der Waals surface area (Å²) < 4.78 is -0.492. The second-order valence-corrected chi connectivity index (χ2v) is 7.43. The van der Waals surface area contributed by atoms with Crippen LogP contribution in [0, 0.1) is 13.8 Å². The molecule has 0 atom stereocenters. The van der Waals surface area contributed by atoms with Gasteiger partial charge in [0, 0.05) is 9.75 Å². The van der Waals surface area contributed by atoms with E-state index in [1.807, 2.05) is 13.8 Å². The lowest BCUT2D eigenvalue weighted by atomic mass is 10.2. The number of carbonyl (C=O) groups is 1. The summed E-state index contributed by atoms with van der Waals surface area (Å²) >= 11 is 5.07. The maximum absolute atomic E-state index is 11.6. The minimum Gasteiger partial charge on any atom is -0.350 e. The van der Waals surface area contributed by atoms with Gasteiger partial charge < -0.3 is 5.32 Å². The monoisotopic (exact) mass is 289 g/mol. The van der Waals surface area contributed by atoms with E-state index in [9.17, 15) is 4.79 Å². The van der Waals surface area contributed by atoms with E-state index in [0.717, 1.165) is 0 Å². The van der Waals surface area contributed by atoms with Crippen LogP contribution in [0.2, 0.25) is 0 Å². The van der Waals surface area contributed by atoms with Gasteiger partial charge in [0.25, 0.3) is 0 Å². The Morgan fingerprint density at radius 2 is 2.13 bits per heavy atom. The Balaban J connectivity index is 2.55. The summed E-state index contributed by atoms with van der Waals surface area (Å²) in [4.78, 5) is 14.1. The molecule has 2 nitrogen and oxygen atoms in total. The van der Waals surface area contributed by atoms with E-state index in [4.69, 9.17) is 0 Å². The maximum atomic E-state index is 11.6. The van der Waals surface area contributed by atoms with E-state index in [2.05, 4.69) is 41.2 Å². The van der Waals surface area contributed by atoms with E-state index >= 15 is 0 Å². The number of amides is 1. The van der Waals surface area contributed by atoms with E-state index in [1.54, 1.807) is 11.3 Å². The summed E-state index contributed by atoms with van der Waals surface area (Å²) in [7, 11) is 0. The van der Waals surface area contributed by atoms with Crippen molar-refractivity contribution in [1.82, 2.24) is 5.32 Å². The molecule has 0 aliphatic rings. The van der Waals surface area contributed by atoms with Crippen LogP contribution in [0.25, 0.3) is 0 Å². The zero-order valence-electron chi connectivity index (χ0n) is 9.48. The Labute approximate surface area is 103 Å². The number of alkyl halides is 1. The fourth-order valence-electron chi connectivity index (χ4n) is 1.11. The molecule has 15 heavy (non-hydrogen) atoms. The average molecular weight is 290 g/mol. The molecule has 84 valence electrons. The number of rotatable bonds is 3. The first-order chi connectivity index (χ1) is 6.80. The largest absolute Gasteiger partial charge is 0.350 e. The van der Waals surface area contributed by atoms with Gasteiger partial charge in [-0.05, 0) is 39.3 Å². The third kappa shape index (κ3) is 3.61. The molecular weight excluding hydrogens is 274 g/mol. The molecule has 1 amide bonds. The Morgan fingerprint density at radius 3 is 2.53 bits per heavy atom. The van der Waals surface area contributed by atoms with Gasteiger partial charge in [-0.15, -0.1) is 11.3 Å². The second-order valence-electron chi connectivity index (χ2n) is 4.11. The molecule has 0 aromatic carbocycles. The fourth-order valence-corrected chi connectivity index (χ4v) is 2.25. The highest BCUT2D eigenvalue weighted by Gasteiger charge is 2.22. The van der Waals surface area contributed by atoms with E-state index in [1.165, 1.54) is 15.3 Å². The first kappa shape index (κ1) is 12.7. The maximum Gasteiger partial charge on any atom is 0.236 e. The number of nitrogens with one attached hydrogen (secondary N) is 1. The van der Waals surface area contributed by atoms with Crippen LogP contribution in [0.15, 0.2) is 6.07 Å². The molecule has 0 bridgehead atoms. The van der Waals surface area contributed by atoms with Crippen molar-refractivity contribution in [3.05, 3.63) is 21.4 Å². The van der Waals surface area contributed by atoms with Gasteiger partial charge in [0.05, 0.1) is 10.9 Å². The highest BCUT2D eigenvalue weighted by atomic mass is 79.9. The molecule has 4 heteroatoms. The van der Waals surface area contributed by atoms with Crippen LogP contribution in [0.5, 0.6) is 0 Å². The minimum atomic E-state index is -0.492. The highest BCUT2D eigenvalue weighted by molar-refractivity contribution is 9.10. The Bertz CT molecular complexity index is 346. The van der Waals surface area contributed by atoms with Gasteiger partial charge in [-0.3, -0.25) is 4.79 Å². The summed E-state index contributed by atoms with van der Waals surface area (Å²) in [6.45, 7) is 8.49. The van der Waals surface area contributed by atoms with Crippen molar-refractivity contribution in [2.24, 2.45) is 0 Å². The molecule has 0 saturated carbocycles. The van der Waals surface area contributed by atoms with Gasteiger partial charge in [0.2, 0.25) is 5.91 Å². The SMILES string of the molecule is Cc1cc(CNC(=O)C(C)(C)Br)sc1C. The van der Waals surface area contributed by atoms with Gasteiger partial charge in [-0.1, -0.05) is 15.9 Å². The van der Waals surface area contributed by atoms with Crippen molar-refractivity contribution in [2.45, 2.75) is 38.6 Å². The summed E-state index contributed by atoms with van der Waals surface area (Å²) in [6.07, 6.45) is 0. The molecular formula is C11H16BrNOS. The lowest BCUT2D eigenvalue weighted by Gasteiger charge is -2.15. The molecule has 0 fully saturated rings. The number of hydrogen-bond acceptors (Lipinski definition) is 2. The van der Waals surface area contributed by atoms with Gasteiger partial charge in [0.1, 0.15) is 0 Å². The van der Waals surface area contributed by atoms with Crippen LogP contribution >= 0.6 is 27.3 Å². The summed E-state index contributed by atoms with van der Waals surface area (Å²) in [5.74, 6) is 0.0196. The quantitative estimate of drug-likeness (QED) is 0.851. The van der Waals surface area contributed by atoms with Crippen molar-refractivity contribution in [3.8, 4) is 0 Å². The molecule has 0 saturated heterocycles. The van der Waals surface area contributed by atoms with Crippen molar-refractivity contribution >= 4 is 33.2 Å². The Kier molecular flexibility index (Phi) is 3.95. The third-order valence-electron chi connectivity index (χ3n) is 2.18. The van der Waals surface area contributed by atoms with E-state index < -0.39 is 4.32 Å². The van der Waals surface area contributed by atoms with E-state index in [0.29, 0.717) is 6.54 Å². The van der Waals surface area contributed by atoms with Gasteiger partial charge in [0.15, 0.2) is 0 Å². The van der Waals surface area contributed by atoms with Gasteiger partial charge in [-0.2, -0.15) is 0 Å². The predicted molar refractivity (Wildman–Crippen MR) is 68.6 cm³/mol. The average Bonchev–Trinajstić information content (AvgIpc) is 2.41. The molecule has 1 rings (SSSR count). The topological polar surface area (TPSA) is 29.1 Å².